The van der Waals surface area contributed by atoms with Gasteiger partial charge in [0, 0.05) is 31.2 Å². The standard InChI is InChI=1S/C28H29ClN2O3S/c1-21-7-13-25(14-8-21)35(33,34)28(15-16-28)27(32)31-19-17-30(18-20-31)26(22-5-3-2-4-6-22)23-9-11-24(29)12-10-23/h2-14,26H,15-20H2,1H3/t26-/m0/s1. The Labute approximate surface area is 212 Å². The lowest BCUT2D eigenvalue weighted by atomic mass is 9.96. The van der Waals surface area contributed by atoms with E-state index in [1.165, 1.54) is 5.56 Å². The number of nitrogens with zero attached hydrogens (tertiary/aromatic N) is 2. The summed E-state index contributed by atoms with van der Waals surface area (Å²) in [5.74, 6) is -0.250. The molecule has 0 spiro atoms. The van der Waals surface area contributed by atoms with Crippen LogP contribution in [0.4, 0.5) is 0 Å². The summed E-state index contributed by atoms with van der Waals surface area (Å²) in [4.78, 5) is 17.9. The van der Waals surface area contributed by atoms with Gasteiger partial charge in [0.2, 0.25) is 5.91 Å². The minimum absolute atomic E-state index is 0.0388. The molecule has 182 valence electrons. The number of benzene rings is 3. The Hall–Kier alpha value is -2.67. The SMILES string of the molecule is Cc1ccc(S(=O)(=O)C2(C(=O)N3CCN([C@@H](c4ccccc4)c4ccc(Cl)cc4)CC3)CC2)cc1. The predicted molar refractivity (Wildman–Crippen MR) is 138 cm³/mol. The van der Waals surface area contributed by atoms with Crippen molar-refractivity contribution in [3.05, 3.63) is 101 Å². The molecule has 1 aliphatic heterocycles. The van der Waals surface area contributed by atoms with Crippen molar-refractivity contribution in [2.24, 2.45) is 0 Å². The zero-order chi connectivity index (χ0) is 24.6. The summed E-state index contributed by atoms with van der Waals surface area (Å²) in [5, 5.41) is 0.695. The van der Waals surface area contributed by atoms with Crippen molar-refractivity contribution >= 4 is 27.3 Å². The topological polar surface area (TPSA) is 57.7 Å². The molecular formula is C28H29ClN2O3S. The van der Waals surface area contributed by atoms with Gasteiger partial charge in [-0.3, -0.25) is 9.69 Å². The van der Waals surface area contributed by atoms with Gasteiger partial charge in [0.1, 0.15) is 0 Å². The number of carbonyl (C=O) groups excluding carboxylic acids is 1. The first-order valence-corrected chi connectivity index (χ1v) is 13.8. The van der Waals surface area contributed by atoms with Crippen LogP contribution in [0.5, 0.6) is 0 Å². The van der Waals surface area contributed by atoms with E-state index in [0.29, 0.717) is 44.0 Å². The number of hydrogen-bond donors (Lipinski definition) is 0. The van der Waals surface area contributed by atoms with Gasteiger partial charge >= 0.3 is 0 Å². The zero-order valence-corrected chi connectivity index (χ0v) is 21.3. The van der Waals surface area contributed by atoms with Gasteiger partial charge < -0.3 is 4.90 Å². The van der Waals surface area contributed by atoms with Gasteiger partial charge in [-0.2, -0.15) is 0 Å². The average molecular weight is 509 g/mol. The van der Waals surface area contributed by atoms with E-state index in [-0.39, 0.29) is 16.8 Å². The predicted octanol–water partition coefficient (Wildman–Crippen LogP) is 4.89. The minimum Gasteiger partial charge on any atom is -0.339 e. The van der Waals surface area contributed by atoms with E-state index in [4.69, 9.17) is 11.6 Å². The van der Waals surface area contributed by atoms with Gasteiger partial charge in [-0.05, 0) is 55.2 Å². The van der Waals surface area contributed by atoms with Gasteiger partial charge in [-0.1, -0.05) is 71.8 Å². The molecule has 7 heteroatoms. The van der Waals surface area contributed by atoms with Gasteiger partial charge in [-0.25, -0.2) is 8.42 Å². The largest absolute Gasteiger partial charge is 0.339 e. The van der Waals surface area contributed by atoms with Crippen LogP contribution in [0.1, 0.15) is 35.6 Å². The molecule has 2 aliphatic rings. The van der Waals surface area contributed by atoms with Crippen molar-refractivity contribution in [1.82, 2.24) is 9.80 Å². The van der Waals surface area contributed by atoms with Crippen LogP contribution >= 0.6 is 11.6 Å². The summed E-state index contributed by atoms with van der Waals surface area (Å²) in [6, 6.07) is 25.0. The van der Waals surface area contributed by atoms with Crippen molar-refractivity contribution < 1.29 is 13.2 Å². The summed E-state index contributed by atoms with van der Waals surface area (Å²) in [6.45, 7) is 4.24. The highest BCUT2D eigenvalue weighted by molar-refractivity contribution is 7.94. The Kier molecular flexibility index (Phi) is 6.47. The first kappa shape index (κ1) is 24.0. The van der Waals surface area contributed by atoms with Crippen molar-refractivity contribution in [3.8, 4) is 0 Å². The Bertz CT molecular complexity index is 1300. The smallest absolute Gasteiger partial charge is 0.244 e. The fourth-order valence-electron chi connectivity index (χ4n) is 5.02. The molecule has 5 rings (SSSR count). The fraction of sp³-hybridized carbons (Fsp3) is 0.321. The molecule has 0 radical (unpaired) electrons. The number of piperazine rings is 1. The van der Waals surface area contributed by atoms with E-state index in [9.17, 15) is 13.2 Å². The van der Waals surface area contributed by atoms with Gasteiger partial charge in [0.25, 0.3) is 0 Å². The molecule has 2 fully saturated rings. The number of amides is 1. The zero-order valence-electron chi connectivity index (χ0n) is 19.7. The second-order valence-corrected chi connectivity index (χ2v) is 12.2. The quantitative estimate of drug-likeness (QED) is 0.476. The molecule has 1 amide bonds. The molecule has 0 bridgehead atoms. The number of rotatable bonds is 6. The lowest BCUT2D eigenvalue weighted by molar-refractivity contribution is -0.133. The third-order valence-electron chi connectivity index (χ3n) is 7.21. The van der Waals surface area contributed by atoms with Crippen molar-refractivity contribution in [2.45, 2.75) is 35.4 Å². The molecule has 1 saturated heterocycles. The second-order valence-electron chi connectivity index (χ2n) is 9.50. The summed E-state index contributed by atoms with van der Waals surface area (Å²) in [5.41, 5.74) is 3.31. The maximum absolute atomic E-state index is 13.5. The fourth-order valence-corrected chi connectivity index (χ4v) is 7.09. The molecule has 1 heterocycles. The summed E-state index contributed by atoms with van der Waals surface area (Å²) < 4.78 is 25.5. The van der Waals surface area contributed by atoms with E-state index in [1.54, 1.807) is 29.2 Å². The molecule has 0 N–H and O–H groups in total. The maximum atomic E-state index is 13.5. The van der Waals surface area contributed by atoms with Crippen LogP contribution in [0, 0.1) is 6.92 Å². The lowest BCUT2D eigenvalue weighted by Gasteiger charge is -2.40. The minimum atomic E-state index is -3.73. The van der Waals surface area contributed by atoms with Gasteiger partial charge in [0.15, 0.2) is 14.6 Å². The third-order valence-corrected chi connectivity index (χ3v) is 9.96. The molecule has 5 nitrogen and oxygen atoms in total. The first-order chi connectivity index (χ1) is 16.8. The highest BCUT2D eigenvalue weighted by Crippen LogP contribution is 2.48. The number of carbonyl (C=O) groups is 1. The van der Waals surface area contributed by atoms with Crippen LogP contribution in [0.2, 0.25) is 5.02 Å². The number of sulfone groups is 1. The Morgan fingerprint density at radius 3 is 1.97 bits per heavy atom. The van der Waals surface area contributed by atoms with E-state index < -0.39 is 14.6 Å². The number of halogens is 1. The van der Waals surface area contributed by atoms with Gasteiger partial charge in [0.05, 0.1) is 10.9 Å². The molecule has 1 saturated carbocycles. The lowest BCUT2D eigenvalue weighted by Crippen LogP contribution is -2.54. The van der Waals surface area contributed by atoms with Crippen molar-refractivity contribution in [1.29, 1.82) is 0 Å². The molecule has 0 unspecified atom stereocenters. The van der Waals surface area contributed by atoms with Crippen LogP contribution in [-0.4, -0.2) is 55.1 Å². The third kappa shape index (κ3) is 4.51. The normalized spacial score (nSPS) is 18.7. The molecule has 1 atom stereocenters. The molecule has 3 aromatic carbocycles. The van der Waals surface area contributed by atoms with Crippen LogP contribution in [0.3, 0.4) is 0 Å². The van der Waals surface area contributed by atoms with Gasteiger partial charge in [-0.15, -0.1) is 0 Å². The number of aryl methyl sites for hydroxylation is 1. The average Bonchev–Trinajstić information content (AvgIpc) is 3.69. The van der Waals surface area contributed by atoms with Crippen LogP contribution in [0.25, 0.3) is 0 Å². The Morgan fingerprint density at radius 2 is 1.40 bits per heavy atom. The van der Waals surface area contributed by atoms with Crippen LogP contribution < -0.4 is 0 Å². The van der Waals surface area contributed by atoms with E-state index in [2.05, 4.69) is 17.0 Å². The van der Waals surface area contributed by atoms with Crippen LogP contribution in [-0.2, 0) is 14.6 Å². The summed E-state index contributed by atoms with van der Waals surface area (Å²) >= 11 is 6.13. The highest BCUT2D eigenvalue weighted by Gasteiger charge is 2.62. The van der Waals surface area contributed by atoms with Crippen molar-refractivity contribution in [3.63, 3.8) is 0 Å². The second kappa shape index (κ2) is 9.41. The molecular weight excluding hydrogens is 480 g/mol. The van der Waals surface area contributed by atoms with Crippen LogP contribution in [0.15, 0.2) is 83.8 Å². The first-order valence-electron chi connectivity index (χ1n) is 12.0. The highest BCUT2D eigenvalue weighted by atomic mass is 35.5. The van der Waals surface area contributed by atoms with E-state index in [1.807, 2.05) is 49.4 Å². The molecule has 35 heavy (non-hydrogen) atoms. The molecule has 3 aromatic rings. The number of hydrogen-bond acceptors (Lipinski definition) is 4. The van der Waals surface area contributed by atoms with E-state index in [0.717, 1.165) is 11.1 Å². The monoisotopic (exact) mass is 508 g/mol. The van der Waals surface area contributed by atoms with Crippen molar-refractivity contribution in [2.75, 3.05) is 26.2 Å². The Balaban J connectivity index is 1.34. The molecule has 1 aliphatic carbocycles. The summed E-state index contributed by atoms with van der Waals surface area (Å²) in [7, 11) is -3.73. The summed E-state index contributed by atoms with van der Waals surface area (Å²) in [6.07, 6.45) is 0.777. The van der Waals surface area contributed by atoms with E-state index >= 15 is 0 Å². The Morgan fingerprint density at radius 1 is 0.829 bits per heavy atom. The molecule has 0 aromatic heterocycles. The maximum Gasteiger partial charge on any atom is 0.244 e.